The van der Waals surface area contributed by atoms with Crippen molar-refractivity contribution >= 4 is 23.0 Å². The first kappa shape index (κ1) is 17.2. The number of aliphatic hydroxyl groups excluding tert-OH is 2. The highest BCUT2D eigenvalue weighted by molar-refractivity contribution is 7.80. The predicted octanol–water partition coefficient (Wildman–Crippen LogP) is 2.46. The van der Waals surface area contributed by atoms with Gasteiger partial charge < -0.3 is 25.2 Å². The Bertz CT molecular complexity index is 599. The van der Waals surface area contributed by atoms with Crippen molar-refractivity contribution in [2.75, 3.05) is 31.6 Å². The summed E-state index contributed by atoms with van der Waals surface area (Å²) in [5, 5.41) is 21.6. The van der Waals surface area contributed by atoms with Gasteiger partial charge in [0.1, 0.15) is 11.5 Å². The molecule has 0 bridgehead atoms. The average molecular weight is 332 g/mol. The molecule has 0 aromatic heterocycles. The number of benzene rings is 2. The molecule has 6 heteroatoms. The van der Waals surface area contributed by atoms with Crippen molar-refractivity contribution in [1.82, 2.24) is 4.90 Å². The number of nitrogens with zero attached hydrogens (tertiary/aromatic N) is 1. The number of hydrogen-bond donors (Lipinski definition) is 3. The van der Waals surface area contributed by atoms with E-state index >= 15 is 0 Å². The van der Waals surface area contributed by atoms with Crippen LogP contribution in [0.2, 0.25) is 0 Å². The summed E-state index contributed by atoms with van der Waals surface area (Å²) >= 11 is 5.29. The lowest BCUT2D eigenvalue weighted by Crippen LogP contribution is -2.38. The summed E-state index contributed by atoms with van der Waals surface area (Å²) in [7, 11) is 0. The Kier molecular flexibility index (Phi) is 6.80. The van der Waals surface area contributed by atoms with Crippen LogP contribution in [0, 0.1) is 0 Å². The van der Waals surface area contributed by atoms with Gasteiger partial charge in [-0.15, -0.1) is 0 Å². The summed E-state index contributed by atoms with van der Waals surface area (Å²) in [5.74, 6) is 1.51. The van der Waals surface area contributed by atoms with Gasteiger partial charge in [-0.3, -0.25) is 0 Å². The standard InChI is InChI=1S/C17H20N2O3S/c20-12-10-19(11-13-21)17(23)18-14-6-8-16(9-7-14)22-15-4-2-1-3-5-15/h1-9,20-21H,10-13H2,(H,18,23). The van der Waals surface area contributed by atoms with Crippen molar-refractivity contribution in [3.05, 3.63) is 54.6 Å². The van der Waals surface area contributed by atoms with Crippen LogP contribution in [0.3, 0.4) is 0 Å². The average Bonchev–Trinajstić information content (AvgIpc) is 2.57. The summed E-state index contributed by atoms with van der Waals surface area (Å²) in [4.78, 5) is 1.71. The molecule has 3 N–H and O–H groups in total. The van der Waals surface area contributed by atoms with Crippen LogP contribution in [0.25, 0.3) is 0 Å². The fourth-order valence-corrected chi connectivity index (χ4v) is 2.29. The number of ether oxygens (including phenoxy) is 1. The van der Waals surface area contributed by atoms with Crippen molar-refractivity contribution in [3.8, 4) is 11.5 Å². The minimum Gasteiger partial charge on any atom is -0.457 e. The van der Waals surface area contributed by atoms with Crippen LogP contribution in [0.5, 0.6) is 11.5 Å². The SMILES string of the molecule is OCCN(CCO)C(=S)Nc1ccc(Oc2ccccc2)cc1. The van der Waals surface area contributed by atoms with Crippen molar-refractivity contribution < 1.29 is 14.9 Å². The molecular weight excluding hydrogens is 312 g/mol. The zero-order chi connectivity index (χ0) is 16.5. The zero-order valence-corrected chi connectivity index (χ0v) is 13.5. The number of nitrogens with one attached hydrogen (secondary N) is 1. The number of thiocarbonyl (C=S) groups is 1. The molecule has 0 spiro atoms. The molecule has 0 radical (unpaired) electrons. The summed E-state index contributed by atoms with van der Waals surface area (Å²) in [5.41, 5.74) is 0.816. The largest absolute Gasteiger partial charge is 0.457 e. The summed E-state index contributed by atoms with van der Waals surface area (Å²) in [6.45, 7) is 0.709. The van der Waals surface area contributed by atoms with E-state index in [9.17, 15) is 0 Å². The van der Waals surface area contributed by atoms with Crippen molar-refractivity contribution in [1.29, 1.82) is 0 Å². The second-order valence-corrected chi connectivity index (χ2v) is 5.19. The second-order valence-electron chi connectivity index (χ2n) is 4.80. The van der Waals surface area contributed by atoms with E-state index in [1.165, 1.54) is 0 Å². The Labute approximate surface area is 141 Å². The molecule has 0 aliphatic carbocycles. The molecule has 0 aliphatic rings. The fraction of sp³-hybridized carbons (Fsp3) is 0.235. The highest BCUT2D eigenvalue weighted by Gasteiger charge is 2.08. The Morgan fingerprint density at radius 3 is 2.04 bits per heavy atom. The van der Waals surface area contributed by atoms with E-state index in [4.69, 9.17) is 27.2 Å². The highest BCUT2D eigenvalue weighted by Crippen LogP contribution is 2.22. The first-order chi connectivity index (χ1) is 11.2. The number of hydrogen-bond acceptors (Lipinski definition) is 4. The summed E-state index contributed by atoms with van der Waals surface area (Å²) in [6, 6.07) is 17.0. The van der Waals surface area contributed by atoms with Gasteiger partial charge in [0.15, 0.2) is 5.11 Å². The Morgan fingerprint density at radius 2 is 1.48 bits per heavy atom. The van der Waals surface area contributed by atoms with E-state index in [0.717, 1.165) is 17.2 Å². The minimum atomic E-state index is -0.0221. The van der Waals surface area contributed by atoms with Crippen molar-refractivity contribution in [2.45, 2.75) is 0 Å². The molecule has 0 atom stereocenters. The van der Waals surface area contributed by atoms with Crippen LogP contribution in [-0.4, -0.2) is 46.5 Å². The van der Waals surface area contributed by atoms with Gasteiger partial charge in [-0.25, -0.2) is 0 Å². The van der Waals surface area contributed by atoms with Gasteiger partial charge in [-0.05, 0) is 48.6 Å². The van der Waals surface area contributed by atoms with E-state index in [-0.39, 0.29) is 13.2 Å². The number of rotatable bonds is 7. The smallest absolute Gasteiger partial charge is 0.173 e. The minimum absolute atomic E-state index is 0.0221. The van der Waals surface area contributed by atoms with Gasteiger partial charge >= 0.3 is 0 Å². The van der Waals surface area contributed by atoms with Crippen molar-refractivity contribution in [3.63, 3.8) is 0 Å². The Balaban J connectivity index is 1.95. The molecule has 2 aromatic rings. The van der Waals surface area contributed by atoms with Crippen LogP contribution in [0.1, 0.15) is 0 Å². The molecule has 5 nitrogen and oxygen atoms in total. The second kappa shape index (κ2) is 9.09. The van der Waals surface area contributed by atoms with Crippen LogP contribution in [0.4, 0.5) is 5.69 Å². The van der Waals surface area contributed by atoms with Crippen LogP contribution in [0.15, 0.2) is 54.6 Å². The van der Waals surface area contributed by atoms with Crippen LogP contribution >= 0.6 is 12.2 Å². The maximum Gasteiger partial charge on any atom is 0.173 e. The first-order valence-corrected chi connectivity index (χ1v) is 7.74. The van der Waals surface area contributed by atoms with E-state index < -0.39 is 0 Å². The number of aliphatic hydroxyl groups is 2. The van der Waals surface area contributed by atoms with Crippen LogP contribution < -0.4 is 10.1 Å². The quantitative estimate of drug-likeness (QED) is 0.677. The molecule has 0 amide bonds. The summed E-state index contributed by atoms with van der Waals surface area (Å²) < 4.78 is 5.73. The van der Waals surface area contributed by atoms with E-state index in [0.29, 0.717) is 18.2 Å². The van der Waals surface area contributed by atoms with E-state index in [1.54, 1.807) is 4.90 Å². The molecule has 0 aliphatic heterocycles. The van der Waals surface area contributed by atoms with Crippen LogP contribution in [-0.2, 0) is 0 Å². The molecular formula is C17H20N2O3S. The summed E-state index contributed by atoms with van der Waals surface area (Å²) in [6.07, 6.45) is 0. The number of anilines is 1. The molecule has 0 heterocycles. The predicted molar refractivity (Wildman–Crippen MR) is 94.9 cm³/mol. The van der Waals surface area contributed by atoms with Gasteiger partial charge in [-0.2, -0.15) is 0 Å². The molecule has 0 saturated carbocycles. The molecule has 2 aromatic carbocycles. The molecule has 0 saturated heterocycles. The Hall–Kier alpha value is -2.15. The molecule has 0 unspecified atom stereocenters. The maximum absolute atomic E-state index is 9.03. The molecule has 0 fully saturated rings. The highest BCUT2D eigenvalue weighted by atomic mass is 32.1. The third-order valence-corrected chi connectivity index (χ3v) is 3.47. The fourth-order valence-electron chi connectivity index (χ4n) is 1.99. The molecule has 2 rings (SSSR count). The number of para-hydroxylation sites is 1. The van der Waals surface area contributed by atoms with Gasteiger partial charge in [0.2, 0.25) is 0 Å². The monoisotopic (exact) mass is 332 g/mol. The van der Waals surface area contributed by atoms with E-state index in [2.05, 4.69) is 5.32 Å². The lowest BCUT2D eigenvalue weighted by atomic mass is 10.3. The van der Waals surface area contributed by atoms with Gasteiger partial charge in [0, 0.05) is 18.8 Å². The molecule has 122 valence electrons. The Morgan fingerprint density at radius 1 is 0.913 bits per heavy atom. The van der Waals surface area contributed by atoms with Gasteiger partial charge in [0.05, 0.1) is 13.2 Å². The first-order valence-electron chi connectivity index (χ1n) is 7.33. The zero-order valence-electron chi connectivity index (χ0n) is 12.7. The van der Waals surface area contributed by atoms with Gasteiger partial charge in [0.25, 0.3) is 0 Å². The lowest BCUT2D eigenvalue weighted by Gasteiger charge is -2.24. The third-order valence-electron chi connectivity index (χ3n) is 3.11. The maximum atomic E-state index is 9.03. The normalized spacial score (nSPS) is 10.2. The lowest BCUT2D eigenvalue weighted by molar-refractivity contribution is 0.214. The van der Waals surface area contributed by atoms with Crippen molar-refractivity contribution in [2.24, 2.45) is 0 Å². The topological polar surface area (TPSA) is 65.0 Å². The van der Waals surface area contributed by atoms with Gasteiger partial charge in [-0.1, -0.05) is 18.2 Å². The third kappa shape index (κ3) is 5.52. The molecule has 23 heavy (non-hydrogen) atoms. The van der Waals surface area contributed by atoms with E-state index in [1.807, 2.05) is 54.6 Å².